The average Bonchev–Trinajstić information content (AvgIpc) is 2.79. The van der Waals surface area contributed by atoms with Gasteiger partial charge in [0.25, 0.3) is 0 Å². The number of aromatic nitrogens is 1. The van der Waals surface area contributed by atoms with E-state index in [-0.39, 0.29) is 16.6 Å². The topological polar surface area (TPSA) is 12.9 Å². The molecule has 1 aromatic carbocycles. The Morgan fingerprint density at radius 1 is 0.895 bits per heavy atom. The molecule has 0 aliphatic rings. The van der Waals surface area contributed by atoms with Gasteiger partial charge < -0.3 is 0 Å². The summed E-state index contributed by atoms with van der Waals surface area (Å²) < 4.78 is 75.5. The first-order valence-electron chi connectivity index (χ1n) is 4.79. The lowest BCUT2D eigenvalue weighted by Crippen LogP contribution is -2.11. The number of nitrogens with zero attached hydrogens (tertiary/aromatic N) is 1. The molecule has 0 bridgehead atoms. The van der Waals surface area contributed by atoms with Gasteiger partial charge in [-0.1, -0.05) is 0 Å². The average molecular weight is 296 g/mol. The molecule has 0 saturated carbocycles. The molecular weight excluding hydrogens is 292 g/mol. The van der Waals surface area contributed by atoms with Crippen molar-refractivity contribution < 1.29 is 26.3 Å². The summed E-state index contributed by atoms with van der Waals surface area (Å²) in [6.07, 6.45) is -8.51. The molecule has 1 radical (unpaired) electrons. The summed E-state index contributed by atoms with van der Waals surface area (Å²) in [5, 5.41) is 2.57. The highest BCUT2D eigenvalue weighted by Gasteiger charge is 2.37. The van der Waals surface area contributed by atoms with Crippen LogP contribution < -0.4 is 0 Å². The first kappa shape index (κ1) is 13.9. The van der Waals surface area contributed by atoms with Crippen LogP contribution in [0.4, 0.5) is 26.3 Å². The Morgan fingerprint density at radius 2 is 1.42 bits per heavy atom. The van der Waals surface area contributed by atoms with E-state index in [0.29, 0.717) is 12.1 Å². The van der Waals surface area contributed by atoms with Gasteiger partial charge in [-0.15, -0.1) is 11.3 Å². The van der Waals surface area contributed by atoms with Gasteiger partial charge in [-0.25, -0.2) is 4.98 Å². The Hall–Kier alpha value is -1.57. The quantitative estimate of drug-likeness (QED) is 0.698. The number of hydrogen-bond donors (Lipinski definition) is 0. The van der Waals surface area contributed by atoms with Crippen molar-refractivity contribution in [2.75, 3.05) is 0 Å². The molecular formula is C11H4F6NS. The zero-order chi connectivity index (χ0) is 14.3. The summed E-state index contributed by atoms with van der Waals surface area (Å²) in [7, 11) is 0. The lowest BCUT2D eigenvalue weighted by Gasteiger charge is -2.13. The van der Waals surface area contributed by atoms with Gasteiger partial charge in [0, 0.05) is 11.8 Å². The Bertz CT molecular complexity index is 538. The van der Waals surface area contributed by atoms with Crippen LogP contribution in [0.3, 0.4) is 0 Å². The summed E-state index contributed by atoms with van der Waals surface area (Å²) in [6.45, 7) is 0. The van der Waals surface area contributed by atoms with Gasteiger partial charge in [0.05, 0.1) is 16.5 Å². The molecule has 1 heterocycles. The van der Waals surface area contributed by atoms with Gasteiger partial charge in [-0.3, -0.25) is 0 Å². The minimum absolute atomic E-state index is 0.0524. The van der Waals surface area contributed by atoms with E-state index in [9.17, 15) is 26.3 Å². The molecule has 0 saturated heterocycles. The second-order valence-electron chi connectivity index (χ2n) is 3.58. The summed E-state index contributed by atoms with van der Waals surface area (Å²) in [4.78, 5) is 3.66. The molecule has 2 rings (SSSR count). The van der Waals surface area contributed by atoms with E-state index in [1.54, 1.807) is 0 Å². The van der Waals surface area contributed by atoms with Crippen LogP contribution in [-0.4, -0.2) is 4.98 Å². The van der Waals surface area contributed by atoms with E-state index in [1.807, 2.05) is 0 Å². The molecule has 19 heavy (non-hydrogen) atoms. The molecule has 0 amide bonds. The first-order chi connectivity index (χ1) is 8.68. The van der Waals surface area contributed by atoms with Crippen LogP contribution in [0.1, 0.15) is 11.1 Å². The van der Waals surface area contributed by atoms with Crippen LogP contribution >= 0.6 is 11.3 Å². The van der Waals surface area contributed by atoms with Gasteiger partial charge in [-0.2, -0.15) is 26.3 Å². The molecule has 0 aliphatic carbocycles. The molecule has 0 unspecified atom stereocenters. The van der Waals surface area contributed by atoms with Crippen LogP contribution in [-0.2, 0) is 12.4 Å². The number of alkyl halides is 6. The highest BCUT2D eigenvalue weighted by molar-refractivity contribution is 7.12. The minimum Gasteiger partial charge on any atom is -0.244 e. The SMILES string of the molecule is FC(F)(F)c1cc(-c2nc[c]s2)cc(C(F)(F)F)c1. The predicted octanol–water partition coefficient (Wildman–Crippen LogP) is 4.65. The Morgan fingerprint density at radius 3 is 1.79 bits per heavy atom. The van der Waals surface area contributed by atoms with Gasteiger partial charge in [0.2, 0.25) is 0 Å². The van der Waals surface area contributed by atoms with Crippen molar-refractivity contribution in [3.05, 3.63) is 40.9 Å². The van der Waals surface area contributed by atoms with E-state index in [0.717, 1.165) is 11.3 Å². The van der Waals surface area contributed by atoms with Crippen molar-refractivity contribution in [3.63, 3.8) is 0 Å². The molecule has 1 aromatic heterocycles. The number of rotatable bonds is 1. The molecule has 0 atom stereocenters. The van der Waals surface area contributed by atoms with E-state index in [2.05, 4.69) is 10.4 Å². The second-order valence-corrected chi connectivity index (χ2v) is 4.40. The molecule has 0 N–H and O–H groups in total. The lowest BCUT2D eigenvalue weighted by atomic mass is 10.1. The fourth-order valence-electron chi connectivity index (χ4n) is 1.41. The van der Waals surface area contributed by atoms with Gasteiger partial charge >= 0.3 is 12.4 Å². The van der Waals surface area contributed by atoms with Gasteiger partial charge in [0.15, 0.2) is 0 Å². The smallest absolute Gasteiger partial charge is 0.244 e. The van der Waals surface area contributed by atoms with Gasteiger partial charge in [-0.05, 0) is 18.2 Å². The Balaban J connectivity index is 2.62. The molecule has 8 heteroatoms. The lowest BCUT2D eigenvalue weighted by molar-refractivity contribution is -0.143. The molecule has 0 spiro atoms. The van der Waals surface area contributed by atoms with Crippen molar-refractivity contribution in [3.8, 4) is 10.6 Å². The largest absolute Gasteiger partial charge is 0.416 e. The summed E-state index contributed by atoms with van der Waals surface area (Å²) in [5.74, 6) is 0. The van der Waals surface area contributed by atoms with Crippen LogP contribution in [0.5, 0.6) is 0 Å². The molecule has 2 aromatic rings. The zero-order valence-electron chi connectivity index (χ0n) is 8.93. The molecule has 101 valence electrons. The predicted molar refractivity (Wildman–Crippen MR) is 56.4 cm³/mol. The number of thiazole rings is 1. The molecule has 0 aliphatic heterocycles. The normalized spacial score (nSPS) is 12.7. The third-order valence-corrected chi connectivity index (χ3v) is 2.98. The maximum Gasteiger partial charge on any atom is 0.416 e. The van der Waals surface area contributed by atoms with Gasteiger partial charge in [0.1, 0.15) is 5.01 Å². The number of benzene rings is 1. The van der Waals surface area contributed by atoms with Crippen LogP contribution in [0.15, 0.2) is 24.4 Å². The Labute approximate surface area is 107 Å². The van der Waals surface area contributed by atoms with Crippen LogP contribution in [0.2, 0.25) is 0 Å². The summed E-state index contributed by atoms with van der Waals surface area (Å²) in [6, 6.07) is 1.37. The fraction of sp³-hybridized carbons (Fsp3) is 0.182. The third-order valence-electron chi connectivity index (χ3n) is 2.22. The second kappa shape index (κ2) is 4.52. The number of hydrogen-bond acceptors (Lipinski definition) is 2. The highest BCUT2D eigenvalue weighted by Crippen LogP contribution is 2.38. The van der Waals surface area contributed by atoms with Crippen LogP contribution in [0.25, 0.3) is 10.6 Å². The van der Waals surface area contributed by atoms with Crippen molar-refractivity contribution in [2.24, 2.45) is 0 Å². The third kappa shape index (κ3) is 3.06. The van der Waals surface area contributed by atoms with Crippen molar-refractivity contribution >= 4 is 11.3 Å². The Kier molecular flexibility index (Phi) is 3.29. The maximum absolute atomic E-state index is 12.6. The molecule has 1 nitrogen and oxygen atoms in total. The van der Waals surface area contributed by atoms with E-state index >= 15 is 0 Å². The van der Waals surface area contributed by atoms with Crippen molar-refractivity contribution in [1.29, 1.82) is 0 Å². The van der Waals surface area contributed by atoms with E-state index in [1.165, 1.54) is 6.20 Å². The molecule has 0 fully saturated rings. The van der Waals surface area contributed by atoms with Crippen molar-refractivity contribution in [2.45, 2.75) is 12.4 Å². The van der Waals surface area contributed by atoms with Crippen LogP contribution in [0, 0.1) is 5.38 Å². The van der Waals surface area contributed by atoms with Crippen molar-refractivity contribution in [1.82, 2.24) is 4.98 Å². The van der Waals surface area contributed by atoms with E-state index < -0.39 is 23.5 Å². The van der Waals surface area contributed by atoms with E-state index in [4.69, 9.17) is 0 Å². The number of halogens is 6. The zero-order valence-corrected chi connectivity index (χ0v) is 9.75. The highest BCUT2D eigenvalue weighted by atomic mass is 32.1. The monoisotopic (exact) mass is 296 g/mol. The maximum atomic E-state index is 12.6. The summed E-state index contributed by atoms with van der Waals surface area (Å²) >= 11 is 0.844. The minimum atomic E-state index is -4.85. The first-order valence-corrected chi connectivity index (χ1v) is 5.61. The standard InChI is InChI=1S/C11H4F6NS/c12-10(13,14)7-3-6(9-18-1-2-19-9)4-8(5-7)11(15,16)17/h1,3-5H. The fourth-order valence-corrected chi connectivity index (χ4v) is 1.96. The summed E-state index contributed by atoms with van der Waals surface area (Å²) in [5.41, 5.74) is -2.94.